The predicted octanol–water partition coefficient (Wildman–Crippen LogP) is 5.01. The van der Waals surface area contributed by atoms with Gasteiger partial charge in [-0.2, -0.15) is 5.10 Å². The minimum Gasteiger partial charge on any atom is -0.493 e. The number of aromatic nitrogens is 2. The normalized spacial score (nSPS) is 12.6. The number of carbonyl (C=O) groups excluding carboxylic acids is 2. The van der Waals surface area contributed by atoms with Crippen molar-refractivity contribution in [3.8, 4) is 28.4 Å². The fraction of sp³-hybridized carbons (Fsp3) is 0.207. The number of nitrogens with zero attached hydrogens (tertiary/aromatic N) is 2. The molecule has 1 aromatic heterocycles. The number of hydrogen-bond donors (Lipinski definition) is 2. The summed E-state index contributed by atoms with van der Waals surface area (Å²) in [6.07, 6.45) is 3.72. The van der Waals surface area contributed by atoms with E-state index in [2.05, 4.69) is 10.6 Å². The number of hydrogen-bond acceptors (Lipinski definition) is 5. The lowest BCUT2D eigenvalue weighted by atomic mass is 10.1. The summed E-state index contributed by atoms with van der Waals surface area (Å²) in [6.45, 7) is 1.89. The molecule has 1 aliphatic carbocycles. The second kappa shape index (κ2) is 10.2. The number of anilines is 1. The van der Waals surface area contributed by atoms with Crippen molar-refractivity contribution in [2.45, 2.75) is 25.8 Å². The van der Waals surface area contributed by atoms with Gasteiger partial charge in [-0.05, 0) is 67.8 Å². The van der Waals surface area contributed by atoms with Crippen LogP contribution in [0.4, 0.5) is 5.69 Å². The van der Waals surface area contributed by atoms with E-state index in [0.717, 1.165) is 24.1 Å². The van der Waals surface area contributed by atoms with Crippen LogP contribution in [0, 0.1) is 6.92 Å². The summed E-state index contributed by atoms with van der Waals surface area (Å²) in [7, 11) is 3.13. The fourth-order valence-electron chi connectivity index (χ4n) is 4.03. The lowest BCUT2D eigenvalue weighted by Crippen LogP contribution is -2.25. The molecule has 0 unspecified atom stereocenters. The summed E-state index contributed by atoms with van der Waals surface area (Å²) >= 11 is 0. The number of carbonyl (C=O) groups is 2. The van der Waals surface area contributed by atoms with E-state index in [1.807, 2.05) is 49.4 Å². The SMILES string of the molecule is COc1ccc(-c2nn(-c3ccccc3)cc2C(=O)Nc2cc(C(=O)NC3CC3)ccc2C)cc1OC. The molecule has 0 saturated heterocycles. The van der Waals surface area contributed by atoms with Gasteiger partial charge in [0.1, 0.15) is 5.69 Å². The van der Waals surface area contributed by atoms with Gasteiger partial charge in [0.05, 0.1) is 25.5 Å². The summed E-state index contributed by atoms with van der Waals surface area (Å²) in [5.41, 5.74) is 4.31. The molecule has 0 atom stereocenters. The summed E-state index contributed by atoms with van der Waals surface area (Å²) in [4.78, 5) is 26.2. The minimum atomic E-state index is -0.338. The molecule has 1 heterocycles. The molecule has 4 aromatic rings. The van der Waals surface area contributed by atoms with Gasteiger partial charge >= 0.3 is 0 Å². The fourth-order valence-corrected chi connectivity index (χ4v) is 4.03. The van der Waals surface area contributed by atoms with Crippen molar-refractivity contribution in [2.24, 2.45) is 0 Å². The van der Waals surface area contributed by atoms with Crippen LogP contribution in [0.2, 0.25) is 0 Å². The summed E-state index contributed by atoms with van der Waals surface area (Å²) in [5, 5.41) is 10.7. The molecular formula is C29H28N4O4. The second-order valence-electron chi connectivity index (χ2n) is 8.97. The van der Waals surface area contributed by atoms with E-state index in [1.165, 1.54) is 0 Å². The van der Waals surface area contributed by atoms with Crippen LogP contribution in [-0.2, 0) is 0 Å². The third-order valence-electron chi connectivity index (χ3n) is 6.30. The molecule has 37 heavy (non-hydrogen) atoms. The molecule has 0 aliphatic heterocycles. The highest BCUT2D eigenvalue weighted by Gasteiger charge is 2.25. The highest BCUT2D eigenvalue weighted by atomic mass is 16.5. The Morgan fingerprint density at radius 1 is 0.919 bits per heavy atom. The molecule has 2 N–H and O–H groups in total. The smallest absolute Gasteiger partial charge is 0.259 e. The van der Waals surface area contributed by atoms with Gasteiger partial charge in [0.15, 0.2) is 11.5 Å². The second-order valence-corrected chi connectivity index (χ2v) is 8.97. The molecule has 8 heteroatoms. The van der Waals surface area contributed by atoms with Crippen molar-refractivity contribution < 1.29 is 19.1 Å². The largest absolute Gasteiger partial charge is 0.493 e. The predicted molar refractivity (Wildman–Crippen MR) is 142 cm³/mol. The van der Waals surface area contributed by atoms with Gasteiger partial charge in [-0.3, -0.25) is 9.59 Å². The van der Waals surface area contributed by atoms with Crippen molar-refractivity contribution in [3.63, 3.8) is 0 Å². The van der Waals surface area contributed by atoms with Crippen molar-refractivity contribution in [3.05, 3.63) is 89.6 Å². The first-order valence-corrected chi connectivity index (χ1v) is 12.1. The molecule has 1 aliphatic rings. The van der Waals surface area contributed by atoms with Crippen LogP contribution >= 0.6 is 0 Å². The van der Waals surface area contributed by atoms with E-state index in [1.54, 1.807) is 49.4 Å². The Morgan fingerprint density at radius 2 is 1.68 bits per heavy atom. The Labute approximate surface area is 215 Å². The van der Waals surface area contributed by atoms with Crippen LogP contribution in [0.25, 0.3) is 16.9 Å². The zero-order chi connectivity index (χ0) is 25.9. The monoisotopic (exact) mass is 496 g/mol. The number of rotatable bonds is 8. The summed E-state index contributed by atoms with van der Waals surface area (Å²) < 4.78 is 12.5. The summed E-state index contributed by atoms with van der Waals surface area (Å²) in [5.74, 6) is 0.637. The molecule has 1 fully saturated rings. The zero-order valence-corrected chi connectivity index (χ0v) is 20.9. The Morgan fingerprint density at radius 3 is 2.38 bits per heavy atom. The van der Waals surface area contributed by atoms with Gasteiger partial charge in [0.25, 0.3) is 11.8 Å². The van der Waals surface area contributed by atoms with Gasteiger partial charge in [-0.1, -0.05) is 24.3 Å². The molecule has 1 saturated carbocycles. The zero-order valence-electron chi connectivity index (χ0n) is 20.9. The highest BCUT2D eigenvalue weighted by molar-refractivity contribution is 6.09. The molecule has 8 nitrogen and oxygen atoms in total. The maximum atomic E-state index is 13.6. The van der Waals surface area contributed by atoms with Crippen molar-refractivity contribution in [2.75, 3.05) is 19.5 Å². The standard InChI is InChI=1S/C29H28N4O4/c1-18-9-10-20(28(34)30-21-12-13-21)15-24(18)31-29(35)23-17-33(22-7-5-4-6-8-22)32-27(23)19-11-14-25(36-2)26(16-19)37-3/h4-11,14-17,21H,12-13H2,1-3H3,(H,30,34)(H,31,35). The highest BCUT2D eigenvalue weighted by Crippen LogP contribution is 2.34. The van der Waals surface area contributed by atoms with Crippen LogP contribution in [-0.4, -0.2) is 41.9 Å². The van der Waals surface area contributed by atoms with Gasteiger partial charge < -0.3 is 20.1 Å². The van der Waals surface area contributed by atoms with E-state index in [0.29, 0.717) is 39.6 Å². The Kier molecular flexibility index (Phi) is 6.64. The molecule has 188 valence electrons. The lowest BCUT2D eigenvalue weighted by molar-refractivity contribution is 0.0949. The third-order valence-corrected chi connectivity index (χ3v) is 6.30. The number of para-hydroxylation sites is 1. The number of ether oxygens (including phenoxy) is 2. The average Bonchev–Trinajstić information content (AvgIpc) is 3.63. The molecule has 3 aromatic carbocycles. The van der Waals surface area contributed by atoms with Crippen LogP contribution in [0.5, 0.6) is 11.5 Å². The quantitative estimate of drug-likeness (QED) is 0.358. The van der Waals surface area contributed by atoms with Gasteiger partial charge in [0.2, 0.25) is 0 Å². The molecule has 0 radical (unpaired) electrons. The summed E-state index contributed by atoms with van der Waals surface area (Å²) in [6, 6.07) is 20.6. The maximum absolute atomic E-state index is 13.6. The topological polar surface area (TPSA) is 94.5 Å². The number of nitrogens with one attached hydrogen (secondary N) is 2. The first kappa shape index (κ1) is 24.1. The van der Waals surface area contributed by atoms with E-state index < -0.39 is 0 Å². The van der Waals surface area contributed by atoms with Gasteiger partial charge in [-0.25, -0.2) is 4.68 Å². The number of benzene rings is 3. The van der Waals surface area contributed by atoms with E-state index in [4.69, 9.17) is 14.6 Å². The maximum Gasteiger partial charge on any atom is 0.259 e. The van der Waals surface area contributed by atoms with Crippen LogP contribution < -0.4 is 20.1 Å². The Bertz CT molecular complexity index is 1460. The first-order valence-electron chi connectivity index (χ1n) is 12.1. The Balaban J connectivity index is 1.52. The molecule has 5 rings (SSSR count). The third kappa shape index (κ3) is 5.18. The number of aryl methyl sites for hydroxylation is 1. The average molecular weight is 497 g/mol. The molecule has 0 bridgehead atoms. The van der Waals surface area contributed by atoms with Crippen LogP contribution in [0.3, 0.4) is 0 Å². The van der Waals surface area contributed by atoms with E-state index in [9.17, 15) is 9.59 Å². The first-order chi connectivity index (χ1) is 18.0. The molecule has 0 spiro atoms. The molecule has 2 amide bonds. The van der Waals surface area contributed by atoms with Crippen molar-refractivity contribution >= 4 is 17.5 Å². The van der Waals surface area contributed by atoms with Crippen LogP contribution in [0.15, 0.2) is 72.9 Å². The number of methoxy groups -OCH3 is 2. The minimum absolute atomic E-state index is 0.138. The van der Waals surface area contributed by atoms with Gasteiger partial charge in [-0.15, -0.1) is 0 Å². The van der Waals surface area contributed by atoms with E-state index in [-0.39, 0.29) is 17.9 Å². The lowest BCUT2D eigenvalue weighted by Gasteiger charge is -2.12. The van der Waals surface area contributed by atoms with Crippen molar-refractivity contribution in [1.29, 1.82) is 0 Å². The Hall–Kier alpha value is -4.59. The van der Waals surface area contributed by atoms with Crippen LogP contribution in [0.1, 0.15) is 39.1 Å². The van der Waals surface area contributed by atoms with Gasteiger partial charge in [0, 0.05) is 29.1 Å². The molecular weight excluding hydrogens is 468 g/mol. The number of amides is 2. The van der Waals surface area contributed by atoms with E-state index >= 15 is 0 Å². The van der Waals surface area contributed by atoms with Crippen molar-refractivity contribution in [1.82, 2.24) is 15.1 Å².